The lowest BCUT2D eigenvalue weighted by molar-refractivity contribution is -0.133. The molecule has 2 heterocycles. The van der Waals surface area contributed by atoms with Gasteiger partial charge in [-0.25, -0.2) is 0 Å². The Bertz CT molecular complexity index is 667. The second kappa shape index (κ2) is 9.05. The van der Waals surface area contributed by atoms with Crippen molar-refractivity contribution in [3.8, 4) is 0 Å². The van der Waals surface area contributed by atoms with E-state index in [-0.39, 0.29) is 17.2 Å². The highest BCUT2D eigenvalue weighted by Crippen LogP contribution is 2.32. The number of amides is 2. The lowest BCUT2D eigenvalue weighted by Gasteiger charge is -2.41. The first-order valence-corrected chi connectivity index (χ1v) is 10.3. The van der Waals surface area contributed by atoms with Crippen molar-refractivity contribution in [1.29, 1.82) is 0 Å². The van der Waals surface area contributed by atoms with Crippen LogP contribution in [0.5, 0.6) is 0 Å². The van der Waals surface area contributed by atoms with Crippen LogP contribution >= 0.6 is 0 Å². The summed E-state index contributed by atoms with van der Waals surface area (Å²) in [6.45, 7) is 6.35. The van der Waals surface area contributed by atoms with E-state index < -0.39 is 5.41 Å². The number of hydrogen-bond donors (Lipinski definition) is 2. The Morgan fingerprint density at radius 2 is 1.89 bits per heavy atom. The van der Waals surface area contributed by atoms with E-state index in [1.165, 1.54) is 0 Å². The predicted octanol–water partition coefficient (Wildman–Crippen LogP) is 2.06. The van der Waals surface area contributed by atoms with E-state index in [1.807, 2.05) is 42.2 Å². The Balaban J connectivity index is 1.62. The summed E-state index contributed by atoms with van der Waals surface area (Å²) in [5.74, 6) is 0.0561. The van der Waals surface area contributed by atoms with Crippen LogP contribution in [-0.2, 0) is 9.53 Å². The van der Waals surface area contributed by atoms with Crippen LogP contribution in [0, 0.1) is 10.8 Å². The molecule has 2 saturated heterocycles. The van der Waals surface area contributed by atoms with Crippen molar-refractivity contribution in [2.24, 2.45) is 10.8 Å². The molecule has 3 rings (SSSR count). The Labute approximate surface area is 168 Å². The van der Waals surface area contributed by atoms with Gasteiger partial charge < -0.3 is 20.3 Å². The second-order valence-electron chi connectivity index (χ2n) is 8.62. The first-order chi connectivity index (χ1) is 13.5. The van der Waals surface area contributed by atoms with Gasteiger partial charge in [0.2, 0.25) is 5.91 Å². The lowest BCUT2D eigenvalue weighted by atomic mass is 9.78. The monoisotopic (exact) mass is 387 g/mol. The summed E-state index contributed by atoms with van der Waals surface area (Å²) in [6, 6.07) is 9.32. The van der Waals surface area contributed by atoms with Crippen molar-refractivity contribution < 1.29 is 14.3 Å². The Kier molecular flexibility index (Phi) is 6.73. The largest absolute Gasteiger partial charge is 0.384 e. The maximum absolute atomic E-state index is 13.1. The molecule has 1 aromatic rings. The summed E-state index contributed by atoms with van der Waals surface area (Å²) in [6.07, 6.45) is 3.64. The molecule has 6 nitrogen and oxygen atoms in total. The van der Waals surface area contributed by atoms with Crippen LogP contribution in [0.25, 0.3) is 0 Å². The molecular formula is C22H33N3O3. The number of carbonyl (C=O) groups excluding carboxylic acids is 2. The third-order valence-corrected chi connectivity index (χ3v) is 6.29. The molecule has 0 spiro atoms. The van der Waals surface area contributed by atoms with E-state index in [2.05, 4.69) is 10.6 Å². The SMILES string of the molecule is COCC1(CNC(=O)C2(C)CCCN(C(=O)c3ccccc3)C2)CCNCC1. The fraction of sp³-hybridized carbons (Fsp3) is 0.636. The number of carbonyl (C=O) groups is 2. The van der Waals surface area contributed by atoms with E-state index in [0.717, 1.165) is 38.8 Å². The molecule has 28 heavy (non-hydrogen) atoms. The van der Waals surface area contributed by atoms with Gasteiger partial charge in [0.1, 0.15) is 0 Å². The van der Waals surface area contributed by atoms with Crippen molar-refractivity contribution in [2.75, 3.05) is 46.4 Å². The molecule has 1 unspecified atom stereocenters. The van der Waals surface area contributed by atoms with Gasteiger partial charge in [0, 0.05) is 37.7 Å². The van der Waals surface area contributed by atoms with E-state index in [4.69, 9.17) is 4.74 Å². The van der Waals surface area contributed by atoms with Gasteiger partial charge in [0.15, 0.2) is 0 Å². The van der Waals surface area contributed by atoms with Crippen LogP contribution in [0.3, 0.4) is 0 Å². The summed E-state index contributed by atoms with van der Waals surface area (Å²) < 4.78 is 5.45. The van der Waals surface area contributed by atoms with Crippen molar-refractivity contribution in [1.82, 2.24) is 15.5 Å². The molecule has 6 heteroatoms. The third-order valence-electron chi connectivity index (χ3n) is 6.29. The summed E-state index contributed by atoms with van der Waals surface area (Å²) >= 11 is 0. The molecule has 0 saturated carbocycles. The average molecular weight is 388 g/mol. The van der Waals surface area contributed by atoms with Gasteiger partial charge in [-0.2, -0.15) is 0 Å². The average Bonchev–Trinajstić information content (AvgIpc) is 2.73. The molecule has 0 bridgehead atoms. The van der Waals surface area contributed by atoms with E-state index in [9.17, 15) is 9.59 Å². The van der Waals surface area contributed by atoms with Crippen LogP contribution in [0.15, 0.2) is 30.3 Å². The second-order valence-corrected chi connectivity index (χ2v) is 8.62. The number of nitrogens with one attached hydrogen (secondary N) is 2. The van der Waals surface area contributed by atoms with Crippen molar-refractivity contribution in [3.63, 3.8) is 0 Å². The number of nitrogens with zero attached hydrogens (tertiary/aromatic N) is 1. The molecule has 2 fully saturated rings. The van der Waals surface area contributed by atoms with Crippen molar-refractivity contribution in [3.05, 3.63) is 35.9 Å². The molecule has 2 amide bonds. The highest BCUT2D eigenvalue weighted by atomic mass is 16.5. The summed E-state index contributed by atoms with van der Waals surface area (Å²) in [7, 11) is 1.72. The van der Waals surface area contributed by atoms with Crippen LogP contribution < -0.4 is 10.6 Å². The molecular weight excluding hydrogens is 354 g/mol. The van der Waals surface area contributed by atoms with Crippen LogP contribution in [0.4, 0.5) is 0 Å². The minimum Gasteiger partial charge on any atom is -0.384 e. The normalized spacial score (nSPS) is 24.6. The van der Waals surface area contributed by atoms with E-state index in [0.29, 0.717) is 31.8 Å². The highest BCUT2D eigenvalue weighted by molar-refractivity contribution is 5.95. The van der Waals surface area contributed by atoms with Gasteiger partial charge in [-0.3, -0.25) is 9.59 Å². The Hall–Kier alpha value is -1.92. The molecule has 2 aliphatic heterocycles. The molecule has 0 aromatic heterocycles. The zero-order valence-electron chi connectivity index (χ0n) is 17.1. The fourth-order valence-corrected chi connectivity index (χ4v) is 4.48. The van der Waals surface area contributed by atoms with Gasteiger partial charge in [0.05, 0.1) is 12.0 Å². The first-order valence-electron chi connectivity index (χ1n) is 10.3. The molecule has 0 aliphatic carbocycles. The molecule has 0 radical (unpaired) electrons. The molecule has 2 N–H and O–H groups in total. The fourth-order valence-electron chi connectivity index (χ4n) is 4.48. The molecule has 1 aromatic carbocycles. The third kappa shape index (κ3) is 4.73. The quantitative estimate of drug-likeness (QED) is 0.784. The minimum atomic E-state index is -0.552. The number of benzene rings is 1. The maximum atomic E-state index is 13.1. The van der Waals surface area contributed by atoms with Gasteiger partial charge in [-0.05, 0) is 57.8 Å². The highest BCUT2D eigenvalue weighted by Gasteiger charge is 2.41. The smallest absolute Gasteiger partial charge is 0.253 e. The van der Waals surface area contributed by atoms with Gasteiger partial charge in [0.25, 0.3) is 5.91 Å². The Morgan fingerprint density at radius 3 is 2.57 bits per heavy atom. The molecule has 154 valence electrons. The minimum absolute atomic E-state index is 0.000230. The molecule has 2 aliphatic rings. The van der Waals surface area contributed by atoms with Gasteiger partial charge in [-0.15, -0.1) is 0 Å². The summed E-state index contributed by atoms with van der Waals surface area (Å²) in [5, 5.41) is 6.58. The standard InChI is InChI=1S/C22H33N3O3/c1-21(20(27)24-15-22(17-28-2)10-12-23-13-11-22)9-6-14-25(16-21)19(26)18-7-4-3-5-8-18/h3-5,7-8,23H,6,9-17H2,1-2H3,(H,24,27). The number of ether oxygens (including phenoxy) is 1. The van der Waals surface area contributed by atoms with Gasteiger partial charge in [-0.1, -0.05) is 18.2 Å². The number of likely N-dealkylation sites (tertiary alicyclic amines) is 1. The van der Waals surface area contributed by atoms with E-state index in [1.54, 1.807) is 7.11 Å². The number of hydrogen-bond acceptors (Lipinski definition) is 4. The number of methoxy groups -OCH3 is 1. The zero-order valence-corrected chi connectivity index (χ0v) is 17.1. The van der Waals surface area contributed by atoms with Crippen LogP contribution in [0.1, 0.15) is 43.0 Å². The molecule has 1 atom stereocenters. The predicted molar refractivity (Wildman–Crippen MR) is 109 cm³/mol. The summed E-state index contributed by atoms with van der Waals surface area (Å²) in [5.41, 5.74) is 0.130. The topological polar surface area (TPSA) is 70.7 Å². The maximum Gasteiger partial charge on any atom is 0.253 e. The first kappa shape index (κ1) is 20.8. The number of piperidine rings is 2. The zero-order chi connectivity index (χ0) is 20.0. The van der Waals surface area contributed by atoms with Crippen LogP contribution in [0.2, 0.25) is 0 Å². The lowest BCUT2D eigenvalue weighted by Crippen LogP contribution is -2.54. The Morgan fingerprint density at radius 1 is 1.18 bits per heavy atom. The summed E-state index contributed by atoms with van der Waals surface area (Å²) in [4.78, 5) is 27.8. The number of rotatable bonds is 6. The van der Waals surface area contributed by atoms with E-state index >= 15 is 0 Å². The van der Waals surface area contributed by atoms with Crippen molar-refractivity contribution in [2.45, 2.75) is 32.6 Å². The van der Waals surface area contributed by atoms with Gasteiger partial charge >= 0.3 is 0 Å². The van der Waals surface area contributed by atoms with Crippen molar-refractivity contribution >= 4 is 11.8 Å². The van der Waals surface area contributed by atoms with Crippen LogP contribution in [-0.4, -0.2) is 63.2 Å².